The van der Waals surface area contributed by atoms with Gasteiger partial charge in [0.1, 0.15) is 13.2 Å². The molecule has 3 aromatic rings. The average molecular weight is 391 g/mol. The highest BCUT2D eigenvalue weighted by Gasteiger charge is 2.23. The molecular weight excluding hydrogens is 366 g/mol. The van der Waals surface area contributed by atoms with Gasteiger partial charge in [-0.15, -0.1) is 0 Å². The van der Waals surface area contributed by atoms with Gasteiger partial charge in [0.2, 0.25) is 5.88 Å². The fraction of sp³-hybridized carbons (Fsp3) is 0.304. The summed E-state index contributed by atoms with van der Waals surface area (Å²) in [4.78, 5) is 14.5. The predicted octanol–water partition coefficient (Wildman–Crippen LogP) is 3.86. The van der Waals surface area contributed by atoms with Gasteiger partial charge in [0.15, 0.2) is 0 Å². The predicted molar refractivity (Wildman–Crippen MR) is 109 cm³/mol. The van der Waals surface area contributed by atoms with E-state index in [1.165, 1.54) is 0 Å². The molecule has 2 aromatic carbocycles. The van der Waals surface area contributed by atoms with E-state index in [1.807, 2.05) is 66.7 Å². The van der Waals surface area contributed by atoms with E-state index in [-0.39, 0.29) is 12.1 Å². The molecule has 1 aliphatic heterocycles. The van der Waals surface area contributed by atoms with Crippen molar-refractivity contribution < 1.29 is 14.3 Å². The summed E-state index contributed by atoms with van der Waals surface area (Å²) in [5.41, 5.74) is 6.08. The highest BCUT2D eigenvalue weighted by molar-refractivity contribution is 5.22. The van der Waals surface area contributed by atoms with Gasteiger partial charge in [-0.2, -0.15) is 15.4 Å². The molecule has 1 aliphatic rings. The van der Waals surface area contributed by atoms with E-state index in [0.29, 0.717) is 25.1 Å². The largest absolute Gasteiger partial charge is 0.473 e. The zero-order valence-electron chi connectivity index (χ0n) is 16.5. The molecule has 0 saturated carbocycles. The van der Waals surface area contributed by atoms with Crippen LogP contribution in [0.15, 0.2) is 66.7 Å². The second-order valence-electron chi connectivity index (χ2n) is 7.21. The molecule has 1 N–H and O–H groups in total. The van der Waals surface area contributed by atoms with Gasteiger partial charge in [0.05, 0.1) is 11.8 Å². The number of ether oxygens (including phenoxy) is 2. The van der Waals surface area contributed by atoms with Crippen LogP contribution < -0.4 is 15.0 Å². The third-order valence-corrected chi connectivity index (χ3v) is 4.68. The summed E-state index contributed by atoms with van der Waals surface area (Å²) in [6.07, 6.45) is 1.85. The zero-order chi connectivity index (χ0) is 19.9. The first-order chi connectivity index (χ1) is 14.2. The summed E-state index contributed by atoms with van der Waals surface area (Å²) in [6, 6.07) is 22.4. The summed E-state index contributed by atoms with van der Waals surface area (Å²) >= 11 is 0. The van der Waals surface area contributed by atoms with Gasteiger partial charge >= 0.3 is 6.01 Å². The van der Waals surface area contributed by atoms with E-state index in [0.717, 1.165) is 29.7 Å². The first-order valence-corrected chi connectivity index (χ1v) is 9.87. The molecule has 2 heterocycles. The quantitative estimate of drug-likeness (QED) is 0.629. The van der Waals surface area contributed by atoms with Crippen LogP contribution in [0, 0.1) is 0 Å². The lowest BCUT2D eigenvalue weighted by Crippen LogP contribution is -2.23. The molecule has 150 valence electrons. The number of benzene rings is 2. The molecular formula is C23H25N3O3. The minimum Gasteiger partial charge on any atom is -0.473 e. The van der Waals surface area contributed by atoms with Gasteiger partial charge in [-0.05, 0) is 24.5 Å². The minimum atomic E-state index is 0.199. The van der Waals surface area contributed by atoms with Crippen LogP contribution in [0.2, 0.25) is 0 Å². The average Bonchev–Trinajstić information content (AvgIpc) is 3.17. The van der Waals surface area contributed by atoms with Gasteiger partial charge < -0.3 is 9.47 Å². The molecule has 1 fully saturated rings. The lowest BCUT2D eigenvalue weighted by atomic mass is 10.1. The van der Waals surface area contributed by atoms with Crippen LogP contribution in [-0.2, 0) is 24.5 Å². The molecule has 0 aliphatic carbocycles. The molecule has 29 heavy (non-hydrogen) atoms. The maximum atomic E-state index is 5.93. The molecule has 1 saturated heterocycles. The first-order valence-electron chi connectivity index (χ1n) is 9.87. The highest BCUT2D eigenvalue weighted by Crippen LogP contribution is 2.20. The zero-order valence-corrected chi connectivity index (χ0v) is 16.5. The maximum absolute atomic E-state index is 5.93. The standard InChI is InChI=1S/C23H25N3O3/c1-17-12-21(26-29-17)13-20-14-22(27-15-18-8-4-2-5-9-18)25-23(24-20)28-16-19-10-6-3-7-11-19/h2-11,14,17,21,26H,12-13,15-16H2,1H3. The third-order valence-electron chi connectivity index (χ3n) is 4.68. The summed E-state index contributed by atoms with van der Waals surface area (Å²) in [5.74, 6) is 0.508. The topological polar surface area (TPSA) is 65.5 Å². The van der Waals surface area contributed by atoms with Gasteiger partial charge in [0.25, 0.3) is 0 Å². The molecule has 2 atom stereocenters. The Balaban J connectivity index is 1.48. The Bertz CT molecular complexity index is 844. The third kappa shape index (κ3) is 5.76. The van der Waals surface area contributed by atoms with E-state index >= 15 is 0 Å². The van der Waals surface area contributed by atoms with Crippen molar-refractivity contribution >= 4 is 0 Å². The van der Waals surface area contributed by atoms with Crippen LogP contribution in [0.5, 0.6) is 11.9 Å². The Hall–Kier alpha value is -2.96. The van der Waals surface area contributed by atoms with Gasteiger partial charge in [-0.3, -0.25) is 4.84 Å². The summed E-state index contributed by atoms with van der Waals surface area (Å²) in [5, 5.41) is 0. The second-order valence-corrected chi connectivity index (χ2v) is 7.21. The van der Waals surface area contributed by atoms with Crippen molar-refractivity contribution in [2.24, 2.45) is 0 Å². The molecule has 0 radical (unpaired) electrons. The van der Waals surface area contributed by atoms with Gasteiger partial charge in [-0.1, -0.05) is 60.7 Å². The Labute approximate surface area is 170 Å². The molecule has 6 heteroatoms. The summed E-state index contributed by atoms with van der Waals surface area (Å²) in [6.45, 7) is 2.90. The molecule has 2 unspecified atom stereocenters. The lowest BCUT2D eigenvalue weighted by molar-refractivity contribution is 0.0364. The Morgan fingerprint density at radius 2 is 1.59 bits per heavy atom. The van der Waals surface area contributed by atoms with Crippen molar-refractivity contribution in [1.82, 2.24) is 15.4 Å². The fourth-order valence-corrected chi connectivity index (χ4v) is 3.23. The number of rotatable bonds is 8. The molecule has 0 spiro atoms. The Morgan fingerprint density at radius 3 is 2.21 bits per heavy atom. The SMILES string of the molecule is CC1CC(Cc2cc(OCc3ccccc3)nc(OCc3ccccc3)n2)NO1. The molecule has 6 nitrogen and oxygen atoms in total. The molecule has 0 amide bonds. The van der Waals surface area contributed by atoms with Crippen molar-refractivity contribution in [2.75, 3.05) is 0 Å². The van der Waals surface area contributed by atoms with Gasteiger partial charge in [-0.25, -0.2) is 0 Å². The van der Waals surface area contributed by atoms with Crippen LogP contribution in [0.4, 0.5) is 0 Å². The van der Waals surface area contributed by atoms with Crippen LogP contribution >= 0.6 is 0 Å². The highest BCUT2D eigenvalue weighted by atomic mass is 16.7. The minimum absolute atomic E-state index is 0.199. The van der Waals surface area contributed by atoms with Crippen molar-refractivity contribution in [3.8, 4) is 11.9 Å². The number of nitrogens with one attached hydrogen (secondary N) is 1. The van der Waals surface area contributed by atoms with E-state index in [2.05, 4.69) is 22.4 Å². The number of nitrogens with zero attached hydrogens (tertiary/aromatic N) is 2. The van der Waals surface area contributed by atoms with Crippen LogP contribution in [0.1, 0.15) is 30.2 Å². The fourth-order valence-electron chi connectivity index (χ4n) is 3.23. The number of hydroxylamine groups is 1. The number of hydrogen-bond donors (Lipinski definition) is 1. The first kappa shape index (κ1) is 19.4. The van der Waals surface area contributed by atoms with Crippen LogP contribution in [0.3, 0.4) is 0 Å². The van der Waals surface area contributed by atoms with Crippen molar-refractivity contribution in [3.63, 3.8) is 0 Å². The van der Waals surface area contributed by atoms with Crippen molar-refractivity contribution in [2.45, 2.75) is 45.1 Å². The van der Waals surface area contributed by atoms with E-state index in [4.69, 9.17) is 14.3 Å². The molecule has 0 bridgehead atoms. The molecule has 1 aromatic heterocycles. The normalized spacial score (nSPS) is 18.5. The smallest absolute Gasteiger partial charge is 0.320 e. The molecule has 4 rings (SSSR count). The van der Waals surface area contributed by atoms with Gasteiger partial charge in [0, 0.05) is 18.5 Å². The summed E-state index contributed by atoms with van der Waals surface area (Å²) < 4.78 is 11.8. The monoisotopic (exact) mass is 391 g/mol. The Morgan fingerprint density at radius 1 is 0.931 bits per heavy atom. The second kappa shape index (κ2) is 9.49. The van der Waals surface area contributed by atoms with E-state index in [1.54, 1.807) is 0 Å². The van der Waals surface area contributed by atoms with E-state index in [9.17, 15) is 0 Å². The Kier molecular flexibility index (Phi) is 6.34. The van der Waals surface area contributed by atoms with Crippen LogP contribution in [0.25, 0.3) is 0 Å². The lowest BCUT2D eigenvalue weighted by Gasteiger charge is -2.12. The van der Waals surface area contributed by atoms with Crippen molar-refractivity contribution in [3.05, 3.63) is 83.6 Å². The van der Waals surface area contributed by atoms with Crippen LogP contribution in [-0.4, -0.2) is 22.1 Å². The number of hydrogen-bond acceptors (Lipinski definition) is 6. The van der Waals surface area contributed by atoms with E-state index < -0.39 is 0 Å². The van der Waals surface area contributed by atoms with Crippen molar-refractivity contribution in [1.29, 1.82) is 0 Å². The maximum Gasteiger partial charge on any atom is 0.320 e. The number of aromatic nitrogens is 2. The summed E-state index contributed by atoms with van der Waals surface area (Å²) in [7, 11) is 0.